The van der Waals surface area contributed by atoms with Gasteiger partial charge in [-0.1, -0.05) is 0 Å². The van der Waals surface area contributed by atoms with Crippen molar-refractivity contribution in [2.45, 2.75) is 32.2 Å². The number of halogens is 1. The number of hydrogen-bond donors (Lipinski definition) is 1. The first-order chi connectivity index (χ1) is 5.70. The van der Waals surface area contributed by atoms with Crippen molar-refractivity contribution in [3.63, 3.8) is 0 Å². The Morgan fingerprint density at radius 2 is 2.23 bits per heavy atom. The van der Waals surface area contributed by atoms with Gasteiger partial charge in [0, 0.05) is 24.3 Å². The third kappa shape index (κ3) is 1.58. The highest BCUT2D eigenvalue weighted by atomic mass is 35.5. The third-order valence-corrected chi connectivity index (χ3v) is 2.69. The molecule has 1 aromatic heterocycles. The summed E-state index contributed by atoms with van der Waals surface area (Å²) in [4.78, 5) is 0. The van der Waals surface area contributed by atoms with Crippen molar-refractivity contribution >= 4 is 12.4 Å². The Kier molecular flexibility index (Phi) is 2.98. The van der Waals surface area contributed by atoms with Crippen molar-refractivity contribution in [1.82, 2.24) is 9.78 Å². The molecule has 1 aliphatic rings. The summed E-state index contributed by atoms with van der Waals surface area (Å²) in [5, 5.41) is 4.38. The quantitative estimate of drug-likeness (QED) is 0.691. The minimum absolute atomic E-state index is 0. The monoisotopic (exact) mass is 201 g/mol. The molecule has 1 aromatic rings. The fourth-order valence-corrected chi connectivity index (χ4v) is 2.13. The highest BCUT2D eigenvalue weighted by Gasteiger charge is 2.22. The molecule has 2 N–H and O–H groups in total. The van der Waals surface area contributed by atoms with Crippen LogP contribution in [0.15, 0.2) is 0 Å². The van der Waals surface area contributed by atoms with Crippen LogP contribution >= 0.6 is 12.4 Å². The Morgan fingerprint density at radius 3 is 2.85 bits per heavy atom. The van der Waals surface area contributed by atoms with Gasteiger partial charge in [0.1, 0.15) is 0 Å². The largest absolute Gasteiger partial charge is 0.324 e. The molecule has 13 heavy (non-hydrogen) atoms. The van der Waals surface area contributed by atoms with Gasteiger partial charge in [0.15, 0.2) is 0 Å². The fraction of sp³-hybridized carbons (Fsp3) is 0.667. The molecule has 4 heteroatoms. The number of aryl methyl sites for hydroxylation is 2. The summed E-state index contributed by atoms with van der Waals surface area (Å²) >= 11 is 0. The predicted octanol–water partition coefficient (Wildman–Crippen LogP) is 1.49. The zero-order chi connectivity index (χ0) is 8.72. The van der Waals surface area contributed by atoms with E-state index in [0.717, 1.165) is 18.5 Å². The van der Waals surface area contributed by atoms with Gasteiger partial charge in [0.2, 0.25) is 0 Å². The second-order valence-electron chi connectivity index (χ2n) is 3.57. The smallest absolute Gasteiger partial charge is 0.0644 e. The first kappa shape index (κ1) is 10.5. The lowest BCUT2D eigenvalue weighted by molar-refractivity contribution is 0.548. The van der Waals surface area contributed by atoms with E-state index in [1.807, 2.05) is 18.7 Å². The van der Waals surface area contributed by atoms with Crippen LogP contribution < -0.4 is 5.73 Å². The minimum Gasteiger partial charge on any atom is -0.324 e. The molecule has 0 spiro atoms. The molecule has 0 amide bonds. The van der Waals surface area contributed by atoms with E-state index in [4.69, 9.17) is 5.73 Å². The van der Waals surface area contributed by atoms with Crippen molar-refractivity contribution in [3.8, 4) is 0 Å². The maximum Gasteiger partial charge on any atom is 0.0644 e. The van der Waals surface area contributed by atoms with E-state index in [0.29, 0.717) is 0 Å². The maximum atomic E-state index is 6.01. The molecule has 1 heterocycles. The molecule has 74 valence electrons. The second kappa shape index (κ2) is 3.68. The number of hydrogen-bond acceptors (Lipinski definition) is 2. The second-order valence-corrected chi connectivity index (χ2v) is 3.57. The number of nitrogens with zero attached hydrogens (tertiary/aromatic N) is 2. The molecular weight excluding hydrogens is 186 g/mol. The highest BCUT2D eigenvalue weighted by Crippen LogP contribution is 2.29. The van der Waals surface area contributed by atoms with Crippen molar-refractivity contribution < 1.29 is 0 Å². The van der Waals surface area contributed by atoms with Crippen LogP contribution in [-0.2, 0) is 13.5 Å². The van der Waals surface area contributed by atoms with E-state index in [1.165, 1.54) is 17.7 Å². The van der Waals surface area contributed by atoms with E-state index in [2.05, 4.69) is 5.10 Å². The van der Waals surface area contributed by atoms with Gasteiger partial charge in [-0.3, -0.25) is 4.68 Å². The Balaban J connectivity index is 0.000000845. The molecule has 1 aliphatic carbocycles. The number of fused-ring (bicyclic) bond motifs is 1. The van der Waals surface area contributed by atoms with Crippen LogP contribution in [0.4, 0.5) is 0 Å². The van der Waals surface area contributed by atoms with E-state index < -0.39 is 0 Å². The summed E-state index contributed by atoms with van der Waals surface area (Å²) in [6, 6.07) is 0.224. The molecule has 2 rings (SSSR count). The molecule has 1 unspecified atom stereocenters. The average Bonchev–Trinajstić information content (AvgIpc) is 2.29. The molecular formula is C9H16ClN3. The lowest BCUT2D eigenvalue weighted by atomic mass is 9.92. The molecule has 0 bridgehead atoms. The van der Waals surface area contributed by atoms with Gasteiger partial charge in [-0.25, -0.2) is 0 Å². The van der Waals surface area contributed by atoms with Crippen LogP contribution in [0.25, 0.3) is 0 Å². The number of aromatic nitrogens is 2. The minimum atomic E-state index is 0. The first-order valence-corrected chi connectivity index (χ1v) is 4.48. The van der Waals surface area contributed by atoms with Crippen molar-refractivity contribution in [2.24, 2.45) is 12.8 Å². The van der Waals surface area contributed by atoms with Crippen molar-refractivity contribution in [3.05, 3.63) is 17.0 Å². The lowest BCUT2D eigenvalue weighted by Crippen LogP contribution is -2.18. The SMILES string of the molecule is Cc1nn(C)c2c1C(N)CCC2.Cl. The summed E-state index contributed by atoms with van der Waals surface area (Å²) in [5.74, 6) is 0. The average molecular weight is 202 g/mol. The lowest BCUT2D eigenvalue weighted by Gasteiger charge is -2.19. The van der Waals surface area contributed by atoms with Gasteiger partial charge in [-0.15, -0.1) is 12.4 Å². The van der Waals surface area contributed by atoms with Crippen molar-refractivity contribution in [2.75, 3.05) is 0 Å². The highest BCUT2D eigenvalue weighted by molar-refractivity contribution is 5.85. The van der Waals surface area contributed by atoms with Gasteiger partial charge in [-0.2, -0.15) is 5.10 Å². The van der Waals surface area contributed by atoms with Crippen LogP contribution in [0, 0.1) is 6.92 Å². The van der Waals surface area contributed by atoms with Gasteiger partial charge in [-0.05, 0) is 26.2 Å². The molecule has 1 atom stereocenters. The molecule has 0 saturated carbocycles. The summed E-state index contributed by atoms with van der Waals surface area (Å²) in [6.07, 6.45) is 3.45. The Hall–Kier alpha value is -0.540. The molecule has 0 aliphatic heterocycles. The zero-order valence-corrected chi connectivity index (χ0v) is 8.90. The molecule has 3 nitrogen and oxygen atoms in total. The number of nitrogens with two attached hydrogens (primary N) is 1. The molecule has 0 aromatic carbocycles. The van der Waals surface area contributed by atoms with Crippen LogP contribution in [0.2, 0.25) is 0 Å². The molecule has 0 fully saturated rings. The van der Waals surface area contributed by atoms with Gasteiger partial charge in [0.25, 0.3) is 0 Å². The van der Waals surface area contributed by atoms with Gasteiger partial charge >= 0.3 is 0 Å². The fourth-order valence-electron chi connectivity index (χ4n) is 2.13. The predicted molar refractivity (Wildman–Crippen MR) is 55.1 cm³/mol. The maximum absolute atomic E-state index is 6.01. The molecule has 0 radical (unpaired) electrons. The summed E-state index contributed by atoms with van der Waals surface area (Å²) in [6.45, 7) is 2.05. The van der Waals surface area contributed by atoms with Crippen LogP contribution in [0.3, 0.4) is 0 Å². The van der Waals surface area contributed by atoms with E-state index in [-0.39, 0.29) is 18.4 Å². The van der Waals surface area contributed by atoms with E-state index >= 15 is 0 Å². The Morgan fingerprint density at radius 1 is 1.54 bits per heavy atom. The van der Waals surface area contributed by atoms with Crippen molar-refractivity contribution in [1.29, 1.82) is 0 Å². The van der Waals surface area contributed by atoms with E-state index in [1.54, 1.807) is 0 Å². The third-order valence-electron chi connectivity index (χ3n) is 2.69. The normalized spacial score (nSPS) is 20.7. The Labute approximate surface area is 84.7 Å². The summed E-state index contributed by atoms with van der Waals surface area (Å²) in [7, 11) is 2.00. The van der Waals surface area contributed by atoms with Crippen LogP contribution in [-0.4, -0.2) is 9.78 Å². The zero-order valence-electron chi connectivity index (χ0n) is 8.08. The molecule has 0 saturated heterocycles. The van der Waals surface area contributed by atoms with Crippen LogP contribution in [0.1, 0.15) is 35.8 Å². The van der Waals surface area contributed by atoms with E-state index in [9.17, 15) is 0 Å². The first-order valence-electron chi connectivity index (χ1n) is 4.48. The standard InChI is InChI=1S/C9H15N3.ClH/c1-6-9-7(10)4-3-5-8(9)12(2)11-6;/h7H,3-5,10H2,1-2H3;1H. The van der Waals surface area contributed by atoms with Gasteiger partial charge < -0.3 is 5.73 Å². The van der Waals surface area contributed by atoms with Crippen LogP contribution in [0.5, 0.6) is 0 Å². The topological polar surface area (TPSA) is 43.8 Å². The summed E-state index contributed by atoms with van der Waals surface area (Å²) < 4.78 is 1.98. The summed E-state index contributed by atoms with van der Waals surface area (Å²) in [5.41, 5.74) is 9.75. The van der Waals surface area contributed by atoms with Gasteiger partial charge in [0.05, 0.1) is 5.69 Å². The number of rotatable bonds is 0. The Bertz CT molecular complexity index is 306.